The molecule has 1 saturated carbocycles. The maximum absolute atomic E-state index is 12.0. The van der Waals surface area contributed by atoms with E-state index >= 15 is 0 Å². The lowest BCUT2D eigenvalue weighted by Gasteiger charge is -2.47. The number of carbonyl (C=O) groups is 2. The minimum absolute atomic E-state index is 0.00952. The molecule has 0 amide bonds. The highest BCUT2D eigenvalue weighted by molar-refractivity contribution is 5.95. The molecule has 33 heavy (non-hydrogen) atoms. The van der Waals surface area contributed by atoms with Crippen molar-refractivity contribution in [3.8, 4) is 17.2 Å². The number of carbonyl (C=O) groups excluding carboxylic acids is 2. The van der Waals surface area contributed by atoms with Crippen molar-refractivity contribution in [1.82, 2.24) is 0 Å². The zero-order chi connectivity index (χ0) is 24.3. The van der Waals surface area contributed by atoms with Gasteiger partial charge in [0.1, 0.15) is 23.4 Å². The van der Waals surface area contributed by atoms with Crippen LogP contribution in [0.2, 0.25) is 0 Å². The van der Waals surface area contributed by atoms with Crippen LogP contribution in [-0.4, -0.2) is 28.9 Å². The second-order valence-electron chi connectivity index (χ2n) is 11.6. The monoisotopic (exact) mass is 454 g/mol. The number of hydrogen-bond acceptors (Lipinski definition) is 5. The Kier molecular flexibility index (Phi) is 5.91. The fraction of sp³-hybridized carbons (Fsp3) is 0.643. The fourth-order valence-electron chi connectivity index (χ4n) is 7.38. The minimum Gasteiger partial charge on any atom is -0.507 e. The quantitative estimate of drug-likeness (QED) is 0.397. The molecule has 0 bridgehead atoms. The Morgan fingerprint density at radius 1 is 1.12 bits per heavy atom. The minimum atomic E-state index is -0.496. The molecule has 2 N–H and O–H groups in total. The van der Waals surface area contributed by atoms with E-state index in [9.17, 15) is 19.8 Å². The fourth-order valence-corrected chi connectivity index (χ4v) is 7.38. The van der Waals surface area contributed by atoms with Crippen molar-refractivity contribution < 1.29 is 24.5 Å². The largest absolute Gasteiger partial charge is 0.507 e. The predicted octanol–water partition coefficient (Wildman–Crippen LogP) is 6.41. The summed E-state index contributed by atoms with van der Waals surface area (Å²) in [5, 5.41) is 21.7. The van der Waals surface area contributed by atoms with E-state index in [0.717, 1.165) is 32.1 Å². The molecule has 0 saturated heterocycles. The summed E-state index contributed by atoms with van der Waals surface area (Å²) in [6.07, 6.45) is 8.10. The van der Waals surface area contributed by atoms with Gasteiger partial charge in [-0.25, -0.2) is 0 Å². The van der Waals surface area contributed by atoms with Crippen LogP contribution in [0.3, 0.4) is 0 Å². The van der Waals surface area contributed by atoms with E-state index in [0.29, 0.717) is 35.9 Å². The first kappa shape index (κ1) is 23.8. The summed E-state index contributed by atoms with van der Waals surface area (Å²) in [6, 6.07) is 0. The number of aldehydes is 2. The van der Waals surface area contributed by atoms with Gasteiger partial charge in [0.25, 0.3) is 0 Å². The van der Waals surface area contributed by atoms with Crippen LogP contribution in [0.15, 0.2) is 11.6 Å². The first-order chi connectivity index (χ1) is 15.5. The summed E-state index contributed by atoms with van der Waals surface area (Å²) in [4.78, 5) is 23.8. The van der Waals surface area contributed by atoms with Gasteiger partial charge in [-0.3, -0.25) is 9.59 Å². The van der Waals surface area contributed by atoms with E-state index in [1.165, 1.54) is 5.57 Å². The van der Waals surface area contributed by atoms with Crippen LogP contribution >= 0.6 is 0 Å². The molecule has 180 valence electrons. The third-order valence-electron chi connectivity index (χ3n) is 8.94. The maximum Gasteiger partial charge on any atom is 0.157 e. The third kappa shape index (κ3) is 3.33. The molecular weight excluding hydrogens is 416 g/mol. The molecule has 4 rings (SSSR count). The number of ether oxygens (including phenoxy) is 1. The number of phenols is 2. The second-order valence-corrected chi connectivity index (χ2v) is 11.6. The van der Waals surface area contributed by atoms with Crippen molar-refractivity contribution in [3.05, 3.63) is 28.3 Å². The Labute approximate surface area is 197 Å². The number of rotatable bonds is 5. The van der Waals surface area contributed by atoms with Gasteiger partial charge in [0.05, 0.1) is 11.1 Å². The van der Waals surface area contributed by atoms with E-state index in [-0.39, 0.29) is 45.5 Å². The molecule has 1 spiro atoms. The third-order valence-corrected chi connectivity index (χ3v) is 8.94. The van der Waals surface area contributed by atoms with Crippen LogP contribution in [-0.2, 0) is 0 Å². The van der Waals surface area contributed by atoms with Gasteiger partial charge in [0, 0.05) is 16.9 Å². The summed E-state index contributed by atoms with van der Waals surface area (Å²) in [7, 11) is 0. The maximum atomic E-state index is 12.0. The van der Waals surface area contributed by atoms with Gasteiger partial charge in [-0.2, -0.15) is 0 Å². The van der Waals surface area contributed by atoms with Crippen LogP contribution in [0.25, 0.3) is 0 Å². The first-order valence-electron chi connectivity index (χ1n) is 12.4. The number of aromatic hydroxyl groups is 2. The number of fused-ring (bicyclic) bond motifs is 2. The Hall–Kier alpha value is -2.30. The number of phenolic OH excluding ortho intramolecular Hbond substituents is 2. The van der Waals surface area contributed by atoms with Gasteiger partial charge in [-0.15, -0.1) is 0 Å². The molecule has 2 aliphatic carbocycles. The number of hydrogen-bond donors (Lipinski definition) is 2. The smallest absolute Gasteiger partial charge is 0.157 e. The van der Waals surface area contributed by atoms with Crippen molar-refractivity contribution in [2.45, 2.75) is 85.7 Å². The lowest BCUT2D eigenvalue weighted by Crippen LogP contribution is -2.42. The van der Waals surface area contributed by atoms with Crippen molar-refractivity contribution in [2.24, 2.45) is 28.6 Å². The Morgan fingerprint density at radius 3 is 2.36 bits per heavy atom. The van der Waals surface area contributed by atoms with E-state index in [1.807, 2.05) is 0 Å². The highest BCUT2D eigenvalue weighted by Gasteiger charge is 2.63. The Balaban J connectivity index is 1.95. The molecule has 3 aliphatic rings. The van der Waals surface area contributed by atoms with Crippen molar-refractivity contribution >= 4 is 12.6 Å². The molecule has 0 aromatic heterocycles. The average Bonchev–Trinajstić information content (AvgIpc) is 3.04. The molecule has 1 fully saturated rings. The second kappa shape index (κ2) is 8.18. The lowest BCUT2D eigenvalue weighted by molar-refractivity contribution is 0.0324. The Morgan fingerprint density at radius 2 is 1.79 bits per heavy atom. The van der Waals surface area contributed by atoms with Crippen LogP contribution in [0.4, 0.5) is 0 Å². The van der Waals surface area contributed by atoms with Gasteiger partial charge in [0.2, 0.25) is 0 Å². The molecule has 5 heteroatoms. The molecule has 0 radical (unpaired) electrons. The summed E-state index contributed by atoms with van der Waals surface area (Å²) in [5.41, 5.74) is 1.50. The Bertz CT molecular complexity index is 1010. The molecule has 5 nitrogen and oxygen atoms in total. The highest BCUT2D eigenvalue weighted by atomic mass is 16.5. The van der Waals surface area contributed by atoms with Crippen LogP contribution in [0.5, 0.6) is 17.2 Å². The van der Waals surface area contributed by atoms with E-state index in [1.54, 1.807) is 0 Å². The number of benzene rings is 1. The average molecular weight is 455 g/mol. The summed E-state index contributed by atoms with van der Waals surface area (Å²) < 4.78 is 6.56. The van der Waals surface area contributed by atoms with Crippen LogP contribution in [0, 0.1) is 28.6 Å². The number of allylic oxidation sites excluding steroid dienone is 2. The van der Waals surface area contributed by atoms with Crippen molar-refractivity contribution in [3.63, 3.8) is 0 Å². The zero-order valence-corrected chi connectivity index (χ0v) is 20.8. The molecule has 1 aliphatic heterocycles. The van der Waals surface area contributed by atoms with Crippen LogP contribution in [0.1, 0.15) is 106 Å². The van der Waals surface area contributed by atoms with Crippen LogP contribution < -0.4 is 4.74 Å². The standard InChI is InChI=1S/C28H38O5/c1-15(2)10-21-23-25(32)18(12-29)24(31)19(13-30)26(23)33-22-11-28(14-27(21,22)6)17(5)8-7-9-20(28)16(3)4/h9,12-13,15-17,21-22,31-32H,7-8,10-11,14H2,1-6H3/t17-,21+,22+,27+,28+/m0/s1. The molecule has 1 aromatic carbocycles. The van der Waals surface area contributed by atoms with E-state index < -0.39 is 5.75 Å². The molecule has 0 unspecified atom stereocenters. The first-order valence-corrected chi connectivity index (χ1v) is 12.4. The topological polar surface area (TPSA) is 83.8 Å². The zero-order valence-electron chi connectivity index (χ0n) is 20.8. The van der Waals surface area contributed by atoms with Crippen molar-refractivity contribution in [1.29, 1.82) is 0 Å². The van der Waals surface area contributed by atoms with E-state index in [4.69, 9.17) is 4.74 Å². The summed E-state index contributed by atoms with van der Waals surface area (Å²) in [5.74, 6) is 0.709. The summed E-state index contributed by atoms with van der Waals surface area (Å²) >= 11 is 0. The highest BCUT2D eigenvalue weighted by Crippen LogP contribution is 2.69. The molecule has 1 aromatic rings. The van der Waals surface area contributed by atoms with E-state index in [2.05, 4.69) is 47.6 Å². The predicted molar refractivity (Wildman–Crippen MR) is 128 cm³/mol. The van der Waals surface area contributed by atoms with Gasteiger partial charge >= 0.3 is 0 Å². The van der Waals surface area contributed by atoms with Crippen molar-refractivity contribution in [2.75, 3.05) is 0 Å². The van der Waals surface area contributed by atoms with Gasteiger partial charge in [-0.1, -0.05) is 53.2 Å². The molecule has 5 atom stereocenters. The summed E-state index contributed by atoms with van der Waals surface area (Å²) in [6.45, 7) is 13.4. The molecular formula is C28H38O5. The molecule has 1 heterocycles. The lowest BCUT2D eigenvalue weighted by atomic mass is 9.58. The van der Waals surface area contributed by atoms with Gasteiger partial charge < -0.3 is 14.9 Å². The normalized spacial score (nSPS) is 33.0. The van der Waals surface area contributed by atoms with Gasteiger partial charge in [-0.05, 0) is 55.3 Å². The van der Waals surface area contributed by atoms with Gasteiger partial charge in [0.15, 0.2) is 12.6 Å². The SMILES string of the molecule is CC(C)C[C@@H]1c2c(O)c(C=O)c(O)c(C=O)c2O[C@@H]2C[C@]3(C[C@]12C)C(C(C)C)=CCC[C@@H]3C.